The van der Waals surface area contributed by atoms with Gasteiger partial charge in [0, 0.05) is 37.6 Å². The molecule has 1 amide bonds. The molecule has 27 heavy (non-hydrogen) atoms. The summed E-state index contributed by atoms with van der Waals surface area (Å²) in [5.41, 5.74) is 8.09. The Hall–Kier alpha value is -2.38. The first kappa shape index (κ1) is 19.4. The molecule has 1 aliphatic rings. The zero-order valence-electron chi connectivity index (χ0n) is 15.9. The molecule has 0 aliphatic carbocycles. The number of amides is 1. The highest BCUT2D eigenvalue weighted by Crippen LogP contribution is 2.27. The van der Waals surface area contributed by atoms with Gasteiger partial charge in [0.2, 0.25) is 0 Å². The second kappa shape index (κ2) is 8.10. The minimum Gasteiger partial charge on any atom is -0.369 e. The summed E-state index contributed by atoms with van der Waals surface area (Å²) in [5, 5.41) is 3.38. The number of piperazine rings is 1. The normalized spacial score (nSPS) is 15.2. The first-order valence-electron chi connectivity index (χ1n) is 9.03. The van der Waals surface area contributed by atoms with E-state index in [1.165, 1.54) is 5.69 Å². The van der Waals surface area contributed by atoms with Crippen molar-refractivity contribution in [2.45, 2.75) is 19.8 Å². The quantitative estimate of drug-likeness (QED) is 0.818. The molecule has 1 fully saturated rings. The third kappa shape index (κ3) is 4.48. The van der Waals surface area contributed by atoms with Crippen molar-refractivity contribution in [1.82, 2.24) is 14.9 Å². The summed E-state index contributed by atoms with van der Waals surface area (Å²) in [6, 6.07) is 8.00. The van der Waals surface area contributed by atoms with Crippen molar-refractivity contribution in [3.63, 3.8) is 0 Å². The number of carbonyl (C=O) groups excluding carboxylic acids is 1. The van der Waals surface area contributed by atoms with Gasteiger partial charge in [0.1, 0.15) is 0 Å². The van der Waals surface area contributed by atoms with Crippen molar-refractivity contribution in [3.8, 4) is 0 Å². The predicted molar refractivity (Wildman–Crippen MR) is 109 cm³/mol. The number of aromatic nitrogens is 2. The van der Waals surface area contributed by atoms with Gasteiger partial charge < -0.3 is 20.9 Å². The van der Waals surface area contributed by atoms with Gasteiger partial charge >= 0.3 is 0 Å². The molecule has 1 aromatic heterocycles. The van der Waals surface area contributed by atoms with Crippen LogP contribution < -0.4 is 16.0 Å². The maximum atomic E-state index is 11.8. The molecule has 0 saturated carbocycles. The minimum atomic E-state index is -0.641. The second-order valence-corrected chi connectivity index (χ2v) is 7.44. The second-order valence-electron chi connectivity index (χ2n) is 7.08. The maximum absolute atomic E-state index is 11.8. The molecule has 0 bridgehead atoms. The van der Waals surface area contributed by atoms with Crippen LogP contribution in [0, 0.1) is 0 Å². The fourth-order valence-corrected chi connectivity index (χ4v) is 3.36. The number of nitrogens with two attached hydrogens (primary N) is 1. The summed E-state index contributed by atoms with van der Waals surface area (Å²) in [6.07, 6.45) is 0. The third-order valence-corrected chi connectivity index (χ3v) is 4.93. The summed E-state index contributed by atoms with van der Waals surface area (Å²) in [4.78, 5) is 25.1. The standard InChI is InChI=1S/C19H25ClN6O/c1-12(2)15-17(20)24-19(16(23-15)18(21)27)22-13-4-6-14(7-5-13)26-10-8-25(3)9-11-26/h4-7,12H,8-11H2,1-3H3,(H2,21,27)(H,22,24). The van der Waals surface area contributed by atoms with Crippen molar-refractivity contribution in [2.24, 2.45) is 5.73 Å². The highest BCUT2D eigenvalue weighted by Gasteiger charge is 2.19. The van der Waals surface area contributed by atoms with Crippen LogP contribution in [-0.4, -0.2) is 54.0 Å². The lowest BCUT2D eigenvalue weighted by Crippen LogP contribution is -2.44. The Kier molecular flexibility index (Phi) is 5.82. The number of carbonyl (C=O) groups is 1. The molecule has 3 N–H and O–H groups in total. The van der Waals surface area contributed by atoms with Crippen molar-refractivity contribution in [1.29, 1.82) is 0 Å². The predicted octanol–water partition coefficient (Wildman–Crippen LogP) is 2.85. The lowest BCUT2D eigenvalue weighted by atomic mass is 10.1. The Balaban J connectivity index is 1.80. The Labute approximate surface area is 164 Å². The monoisotopic (exact) mass is 388 g/mol. The maximum Gasteiger partial charge on any atom is 0.271 e. The summed E-state index contributed by atoms with van der Waals surface area (Å²) >= 11 is 6.23. The highest BCUT2D eigenvalue weighted by atomic mass is 35.5. The van der Waals surface area contributed by atoms with E-state index in [0.29, 0.717) is 5.69 Å². The van der Waals surface area contributed by atoms with Crippen molar-refractivity contribution >= 4 is 34.7 Å². The van der Waals surface area contributed by atoms with E-state index in [0.717, 1.165) is 31.9 Å². The van der Waals surface area contributed by atoms with Crippen LogP contribution in [0.4, 0.5) is 17.2 Å². The molecule has 2 heterocycles. The number of rotatable bonds is 5. The van der Waals surface area contributed by atoms with Gasteiger partial charge in [-0.15, -0.1) is 0 Å². The Morgan fingerprint density at radius 3 is 2.33 bits per heavy atom. The summed E-state index contributed by atoms with van der Waals surface area (Å²) in [7, 11) is 2.14. The fraction of sp³-hybridized carbons (Fsp3) is 0.421. The van der Waals surface area contributed by atoms with Gasteiger partial charge in [0.05, 0.1) is 5.69 Å². The van der Waals surface area contributed by atoms with E-state index in [4.69, 9.17) is 17.3 Å². The molecule has 1 aromatic carbocycles. The summed E-state index contributed by atoms with van der Waals surface area (Å²) in [6.45, 7) is 7.99. The molecule has 1 aliphatic heterocycles. The summed E-state index contributed by atoms with van der Waals surface area (Å²) in [5.74, 6) is -0.332. The number of likely N-dealkylation sites (N-methyl/N-ethyl adjacent to an activating group) is 1. The molecule has 7 nitrogen and oxygen atoms in total. The van der Waals surface area contributed by atoms with Crippen LogP contribution in [0.2, 0.25) is 5.15 Å². The molecule has 2 aromatic rings. The van der Waals surface area contributed by atoms with Crippen molar-refractivity contribution in [3.05, 3.63) is 40.8 Å². The van der Waals surface area contributed by atoms with E-state index >= 15 is 0 Å². The van der Waals surface area contributed by atoms with Crippen LogP contribution in [0.5, 0.6) is 0 Å². The number of anilines is 3. The van der Waals surface area contributed by atoms with Gasteiger partial charge in [-0.1, -0.05) is 25.4 Å². The van der Waals surface area contributed by atoms with Crippen LogP contribution in [0.3, 0.4) is 0 Å². The van der Waals surface area contributed by atoms with Gasteiger partial charge in [0.15, 0.2) is 16.7 Å². The minimum absolute atomic E-state index is 0.0417. The van der Waals surface area contributed by atoms with E-state index in [9.17, 15) is 4.79 Å². The van der Waals surface area contributed by atoms with Gasteiger partial charge in [-0.05, 0) is 37.2 Å². The van der Waals surface area contributed by atoms with Gasteiger partial charge in [0.25, 0.3) is 5.91 Å². The van der Waals surface area contributed by atoms with Crippen LogP contribution in [0.1, 0.15) is 35.9 Å². The smallest absolute Gasteiger partial charge is 0.271 e. The third-order valence-electron chi connectivity index (χ3n) is 4.66. The first-order valence-corrected chi connectivity index (χ1v) is 9.40. The fourth-order valence-electron chi connectivity index (χ4n) is 3.01. The molecule has 1 saturated heterocycles. The van der Waals surface area contributed by atoms with Crippen molar-refractivity contribution < 1.29 is 4.79 Å². The lowest BCUT2D eigenvalue weighted by Gasteiger charge is -2.34. The zero-order valence-corrected chi connectivity index (χ0v) is 16.6. The van der Waals surface area contributed by atoms with Crippen LogP contribution in [-0.2, 0) is 0 Å². The first-order chi connectivity index (χ1) is 12.8. The van der Waals surface area contributed by atoms with Crippen LogP contribution in [0.15, 0.2) is 24.3 Å². The van der Waals surface area contributed by atoms with Gasteiger partial charge in [-0.25, -0.2) is 9.97 Å². The Bertz CT molecular complexity index is 816. The number of hydrogen-bond acceptors (Lipinski definition) is 6. The Morgan fingerprint density at radius 1 is 1.15 bits per heavy atom. The largest absolute Gasteiger partial charge is 0.369 e. The summed E-state index contributed by atoms with van der Waals surface area (Å²) < 4.78 is 0. The number of hydrogen-bond donors (Lipinski definition) is 2. The van der Waals surface area contributed by atoms with Crippen LogP contribution >= 0.6 is 11.6 Å². The molecule has 0 atom stereocenters. The average Bonchev–Trinajstić information content (AvgIpc) is 2.62. The van der Waals surface area contributed by atoms with Crippen molar-refractivity contribution in [2.75, 3.05) is 43.4 Å². The van der Waals surface area contributed by atoms with E-state index < -0.39 is 5.91 Å². The number of halogens is 1. The van der Waals surface area contributed by atoms with Gasteiger partial charge in [-0.2, -0.15) is 0 Å². The SMILES string of the molecule is CC(C)c1nc(C(N)=O)c(Nc2ccc(N3CCN(C)CC3)cc2)nc1Cl. The molecule has 3 rings (SSSR count). The molecular formula is C19H25ClN6O. The molecule has 144 valence electrons. The van der Waals surface area contributed by atoms with E-state index in [1.807, 2.05) is 26.0 Å². The number of nitrogens with zero attached hydrogens (tertiary/aromatic N) is 4. The van der Waals surface area contributed by atoms with Gasteiger partial charge in [-0.3, -0.25) is 4.79 Å². The lowest BCUT2D eigenvalue weighted by molar-refractivity contribution is 0.0996. The van der Waals surface area contributed by atoms with E-state index in [2.05, 4.69) is 44.3 Å². The molecule has 0 spiro atoms. The molecule has 0 unspecified atom stereocenters. The molecule has 8 heteroatoms. The average molecular weight is 389 g/mol. The topological polar surface area (TPSA) is 87.4 Å². The molecular weight excluding hydrogens is 364 g/mol. The van der Waals surface area contributed by atoms with E-state index in [-0.39, 0.29) is 22.6 Å². The zero-order chi connectivity index (χ0) is 19.6. The van der Waals surface area contributed by atoms with E-state index in [1.54, 1.807) is 0 Å². The Morgan fingerprint density at radius 2 is 1.78 bits per heavy atom. The molecule has 0 radical (unpaired) electrons. The number of primary amides is 1. The van der Waals surface area contributed by atoms with Crippen LogP contribution in [0.25, 0.3) is 0 Å². The number of benzene rings is 1. The number of nitrogens with one attached hydrogen (secondary N) is 1. The highest BCUT2D eigenvalue weighted by molar-refractivity contribution is 6.30.